The molecule has 1 amide bonds. The number of hydrogen-bond acceptors (Lipinski definition) is 3. The van der Waals surface area contributed by atoms with E-state index in [-0.39, 0.29) is 17.7 Å². The molecule has 0 spiro atoms. The topological polar surface area (TPSA) is 80.1 Å². The highest BCUT2D eigenvalue weighted by Crippen LogP contribution is 2.38. The van der Waals surface area contributed by atoms with Crippen LogP contribution in [0, 0.1) is 5.82 Å². The van der Waals surface area contributed by atoms with Gasteiger partial charge in [-0.15, -0.1) is 0 Å². The first-order valence-electron chi connectivity index (χ1n) is 9.75. The lowest BCUT2D eigenvalue weighted by molar-refractivity contribution is -0.695. The van der Waals surface area contributed by atoms with Gasteiger partial charge in [0.15, 0.2) is 0 Å². The monoisotopic (exact) mass is 439 g/mol. The van der Waals surface area contributed by atoms with Gasteiger partial charge >= 0.3 is 0 Å². The number of likely N-dealkylation sites (tertiary alicyclic amines) is 1. The van der Waals surface area contributed by atoms with Crippen molar-refractivity contribution in [3.05, 3.63) is 94.8 Å². The second-order valence-corrected chi connectivity index (χ2v) is 7.67. The minimum atomic E-state index is -0.875. The Labute approximate surface area is 183 Å². The average Bonchev–Trinajstić information content (AvgIpc) is 3.37. The summed E-state index contributed by atoms with van der Waals surface area (Å²) in [6, 6.07) is 10.8. The molecule has 1 unspecified atom stereocenters. The zero-order valence-electron chi connectivity index (χ0n) is 16.4. The Balaban J connectivity index is 1.72. The number of ketones is 1. The maximum Gasteiger partial charge on any atom is 0.295 e. The molecule has 0 bridgehead atoms. The van der Waals surface area contributed by atoms with Crippen LogP contribution in [0.1, 0.15) is 23.6 Å². The second kappa shape index (κ2) is 8.73. The molecule has 1 atom stereocenters. The van der Waals surface area contributed by atoms with Crippen LogP contribution in [0.25, 0.3) is 5.76 Å². The molecule has 31 heavy (non-hydrogen) atoms. The summed E-state index contributed by atoms with van der Waals surface area (Å²) in [6.45, 7) is 0.889. The quantitative estimate of drug-likeness (QED) is 0.277. The summed E-state index contributed by atoms with van der Waals surface area (Å²) in [5, 5.41) is 13.7. The molecule has 0 aliphatic carbocycles. The van der Waals surface area contributed by atoms with E-state index >= 15 is 0 Å². The van der Waals surface area contributed by atoms with Crippen LogP contribution >= 0.6 is 11.6 Å². The number of H-pyrrole nitrogens is 1. The van der Waals surface area contributed by atoms with Gasteiger partial charge in [0.05, 0.1) is 12.6 Å². The summed E-state index contributed by atoms with van der Waals surface area (Å²) in [4.78, 5) is 30.1. The highest BCUT2D eigenvalue weighted by Gasteiger charge is 2.43. The summed E-state index contributed by atoms with van der Waals surface area (Å²) in [6.07, 6.45) is 6.00. The van der Waals surface area contributed by atoms with E-state index in [9.17, 15) is 19.1 Å². The van der Waals surface area contributed by atoms with Gasteiger partial charge in [-0.05, 0) is 35.4 Å². The molecule has 0 saturated carbocycles. The molecule has 6 nitrogen and oxygen atoms in total. The molecule has 158 valence electrons. The highest BCUT2D eigenvalue weighted by molar-refractivity contribution is 6.46. The predicted molar refractivity (Wildman–Crippen MR) is 110 cm³/mol. The van der Waals surface area contributed by atoms with Crippen LogP contribution in [0.3, 0.4) is 0 Å². The number of benzene rings is 2. The van der Waals surface area contributed by atoms with E-state index in [2.05, 4.69) is 4.98 Å². The summed E-state index contributed by atoms with van der Waals surface area (Å²) in [5.41, 5.74) is 0.637. The van der Waals surface area contributed by atoms with Gasteiger partial charge < -0.3 is 10.0 Å². The van der Waals surface area contributed by atoms with Gasteiger partial charge in [0.1, 0.15) is 18.2 Å². The third-order valence-electron chi connectivity index (χ3n) is 5.24. The number of imidazole rings is 1. The number of carbonyl (C=O) groups is 2. The molecule has 1 saturated heterocycles. The maximum absolute atomic E-state index is 13.5. The van der Waals surface area contributed by atoms with Crippen molar-refractivity contribution in [2.75, 3.05) is 6.54 Å². The van der Waals surface area contributed by atoms with E-state index in [1.165, 1.54) is 41.3 Å². The largest absolute Gasteiger partial charge is 0.872 e. The fraction of sp³-hybridized carbons (Fsp3) is 0.174. The van der Waals surface area contributed by atoms with Gasteiger partial charge in [0.25, 0.3) is 5.91 Å². The van der Waals surface area contributed by atoms with Crippen molar-refractivity contribution in [1.82, 2.24) is 9.88 Å². The van der Waals surface area contributed by atoms with Crippen molar-refractivity contribution < 1.29 is 23.7 Å². The van der Waals surface area contributed by atoms with Gasteiger partial charge in [-0.2, -0.15) is 0 Å². The highest BCUT2D eigenvalue weighted by atomic mass is 35.5. The number of aromatic amines is 1. The lowest BCUT2D eigenvalue weighted by Crippen LogP contribution is -2.36. The smallest absolute Gasteiger partial charge is 0.295 e. The van der Waals surface area contributed by atoms with Crippen molar-refractivity contribution in [2.24, 2.45) is 0 Å². The van der Waals surface area contributed by atoms with Crippen molar-refractivity contribution in [2.45, 2.75) is 19.0 Å². The fourth-order valence-corrected chi connectivity index (χ4v) is 3.86. The molecule has 4 rings (SSSR count). The van der Waals surface area contributed by atoms with Gasteiger partial charge in [0.2, 0.25) is 12.1 Å². The third kappa shape index (κ3) is 4.22. The summed E-state index contributed by atoms with van der Waals surface area (Å²) in [7, 11) is 0. The van der Waals surface area contributed by atoms with Crippen LogP contribution in [-0.4, -0.2) is 28.1 Å². The number of carbonyl (C=O) groups excluding carboxylic acids is 2. The van der Waals surface area contributed by atoms with Crippen molar-refractivity contribution in [3.8, 4) is 0 Å². The molecule has 8 heteroatoms. The first-order chi connectivity index (χ1) is 15.0. The van der Waals surface area contributed by atoms with Crippen LogP contribution in [0.2, 0.25) is 5.02 Å². The number of nitrogens with one attached hydrogen (secondary N) is 1. The fourth-order valence-electron chi connectivity index (χ4n) is 3.73. The number of rotatable bonds is 6. The number of halogens is 2. The van der Waals surface area contributed by atoms with E-state index in [0.29, 0.717) is 23.6 Å². The Hall–Kier alpha value is -3.45. The molecule has 1 N–H and O–H groups in total. The van der Waals surface area contributed by atoms with Crippen LogP contribution in [0.15, 0.2) is 72.8 Å². The molecule has 1 fully saturated rings. The molecular formula is C23H19ClFN3O3. The molecule has 1 aliphatic rings. The number of amides is 1. The Morgan fingerprint density at radius 1 is 1.13 bits per heavy atom. The predicted octanol–water partition coefficient (Wildman–Crippen LogP) is 2.41. The lowest BCUT2D eigenvalue weighted by atomic mass is 9.95. The second-order valence-electron chi connectivity index (χ2n) is 7.23. The van der Waals surface area contributed by atoms with E-state index in [4.69, 9.17) is 11.6 Å². The number of aryl methyl sites for hydroxylation is 1. The molecule has 1 aliphatic heterocycles. The molecule has 0 radical (unpaired) electrons. The van der Waals surface area contributed by atoms with Gasteiger partial charge in [-0.3, -0.25) is 14.6 Å². The van der Waals surface area contributed by atoms with E-state index in [1.54, 1.807) is 24.7 Å². The molecule has 2 heterocycles. The summed E-state index contributed by atoms with van der Waals surface area (Å²) >= 11 is 5.90. The van der Waals surface area contributed by atoms with Crippen LogP contribution in [0.5, 0.6) is 0 Å². The Bertz CT molecular complexity index is 1130. The number of hydrogen-bond donors (Lipinski definition) is 1. The Kier molecular flexibility index (Phi) is 5.86. The van der Waals surface area contributed by atoms with Gasteiger partial charge in [-0.1, -0.05) is 41.6 Å². The first kappa shape index (κ1) is 20.8. The van der Waals surface area contributed by atoms with Crippen LogP contribution < -0.4 is 9.67 Å². The number of Topliss-reactive ketones (excluding diaryl/α,β-unsaturated/α-hetero) is 1. The minimum Gasteiger partial charge on any atom is -0.872 e. The van der Waals surface area contributed by atoms with Crippen molar-refractivity contribution in [1.29, 1.82) is 0 Å². The van der Waals surface area contributed by atoms with Gasteiger partial charge in [0, 0.05) is 23.6 Å². The normalized spacial score (nSPS) is 18.0. The molecular weight excluding hydrogens is 421 g/mol. The van der Waals surface area contributed by atoms with Crippen molar-refractivity contribution >= 4 is 29.1 Å². The standard InChI is InChI=1S/C23H19ClFN3O3/c24-17-6-2-16(3-7-17)21(29)19-20(15-4-8-18(25)9-5-15)28(23(31)22(19)30)12-1-11-27-13-10-26-14-27/h2-10,13-14,20H,1,11-12H2,(H,29,30). The zero-order chi connectivity index (χ0) is 22.0. The lowest BCUT2D eigenvalue weighted by Gasteiger charge is -2.27. The molecule has 1 aromatic heterocycles. The van der Waals surface area contributed by atoms with Crippen LogP contribution in [0.4, 0.5) is 4.39 Å². The maximum atomic E-state index is 13.5. The Morgan fingerprint density at radius 2 is 1.84 bits per heavy atom. The van der Waals surface area contributed by atoms with Gasteiger partial charge in [-0.25, -0.2) is 8.96 Å². The molecule has 3 aromatic rings. The Morgan fingerprint density at radius 3 is 2.48 bits per heavy atom. The SMILES string of the molecule is O=C1C(=O)N(CCC[n+]2cc[nH]c2)C(c2ccc(F)cc2)/C1=C(\[O-])c1ccc(Cl)cc1. The first-order valence-corrected chi connectivity index (χ1v) is 10.1. The minimum absolute atomic E-state index is 0.131. The zero-order valence-corrected chi connectivity index (χ0v) is 17.2. The average molecular weight is 440 g/mol. The molecule has 2 aromatic carbocycles. The van der Waals surface area contributed by atoms with E-state index in [0.717, 1.165) is 0 Å². The van der Waals surface area contributed by atoms with Crippen LogP contribution in [-0.2, 0) is 16.1 Å². The third-order valence-corrected chi connectivity index (χ3v) is 5.49. The van der Waals surface area contributed by atoms with Crippen molar-refractivity contribution in [3.63, 3.8) is 0 Å². The van der Waals surface area contributed by atoms with E-state index < -0.39 is 29.3 Å². The summed E-state index contributed by atoms with van der Waals surface area (Å²) in [5.74, 6) is -2.54. The number of nitrogens with zero attached hydrogens (tertiary/aromatic N) is 2. The van der Waals surface area contributed by atoms with E-state index in [1.807, 2.05) is 10.8 Å². The summed E-state index contributed by atoms with van der Waals surface area (Å²) < 4.78 is 15.4. The number of aromatic nitrogens is 2.